The van der Waals surface area contributed by atoms with Crippen LogP contribution in [0.5, 0.6) is 11.5 Å². The number of hydrogen-bond donors (Lipinski definition) is 2. The van der Waals surface area contributed by atoms with Gasteiger partial charge in [0.05, 0.1) is 0 Å². The van der Waals surface area contributed by atoms with Gasteiger partial charge >= 0.3 is 431 Å². The molecule has 2 fully saturated rings. The van der Waals surface area contributed by atoms with Gasteiger partial charge in [-0.2, -0.15) is 0 Å². The fraction of sp³-hybridized carbons (Fsp3) is 0.250. The SMILES string of the molecule is CC(=O)[O-].CC(C)(C)c1cc(C(c2ccccc2)(c2ccccc2)c2ccccc2)cc(C=[N+]2[Co][N+](=Cc3cc(C(c4ccccc4)(c4ccccc4)c4ccccc4)cc(C(C)(C)C)c3O)C3CCCCC32)c1O. The van der Waals surface area contributed by atoms with Gasteiger partial charge in [0, 0.05) is 5.97 Å². The van der Waals surface area contributed by atoms with Crippen LogP contribution in [0.2, 0.25) is 0 Å². The summed E-state index contributed by atoms with van der Waals surface area (Å²) in [7, 11) is 0. The minimum atomic E-state index is -1.08. The molecule has 1 aliphatic heterocycles. The van der Waals surface area contributed by atoms with E-state index in [1.807, 2.05) is 0 Å². The molecule has 1 saturated heterocycles. The first-order chi connectivity index (χ1) is 36.0. The van der Waals surface area contributed by atoms with Crippen LogP contribution in [0.4, 0.5) is 0 Å². The number of rotatable bonds is 10. The number of nitrogens with zero attached hydrogens (tertiary/aromatic N) is 2. The van der Waals surface area contributed by atoms with Crippen LogP contribution >= 0.6 is 0 Å². The maximum absolute atomic E-state index is 12.6. The third-order valence-corrected chi connectivity index (χ3v) is 16.4. The fourth-order valence-corrected chi connectivity index (χ4v) is 13.2. The summed E-state index contributed by atoms with van der Waals surface area (Å²) < 4.78 is 4.90. The second-order valence-electron chi connectivity index (χ2n) is 22.0. The van der Waals surface area contributed by atoms with Gasteiger partial charge < -0.3 is 9.90 Å². The van der Waals surface area contributed by atoms with Crippen molar-refractivity contribution in [2.24, 2.45) is 0 Å². The van der Waals surface area contributed by atoms with Crippen LogP contribution in [0, 0.1) is 0 Å². The van der Waals surface area contributed by atoms with E-state index in [2.05, 4.69) is 267 Å². The molecule has 8 aromatic rings. The Morgan fingerprint density at radius 2 is 0.693 bits per heavy atom. The maximum atomic E-state index is 12.6. The molecule has 1 heterocycles. The zero-order valence-electron chi connectivity index (χ0n) is 44.2. The van der Waals surface area contributed by atoms with Crippen LogP contribution in [-0.4, -0.2) is 47.9 Å². The Labute approximate surface area is 450 Å². The summed E-state index contributed by atoms with van der Waals surface area (Å²) in [5.74, 6) is -0.457. The molecule has 0 radical (unpaired) electrons. The Balaban J connectivity index is 0.00000166. The summed E-state index contributed by atoms with van der Waals surface area (Å²) in [6, 6.07) is 74.4. The summed E-state index contributed by atoms with van der Waals surface area (Å²) >= 11 is 1.02. The van der Waals surface area contributed by atoms with Crippen molar-refractivity contribution in [3.8, 4) is 11.5 Å². The molecule has 8 aromatic carbocycles. The molecule has 2 aliphatic rings. The van der Waals surface area contributed by atoms with Gasteiger partial charge in [-0.15, -0.1) is 0 Å². The Kier molecular flexibility index (Phi) is 15.3. The molecule has 0 bridgehead atoms. The number of benzene rings is 8. The molecule has 2 N–H and O–H groups in total. The molecule has 7 heteroatoms. The number of aliphatic carboxylic acids is 1. The fourth-order valence-electron chi connectivity index (χ4n) is 11.5. The topological polar surface area (TPSA) is 86.6 Å². The van der Waals surface area contributed by atoms with E-state index in [0.29, 0.717) is 11.5 Å². The van der Waals surface area contributed by atoms with Crippen molar-refractivity contribution in [2.75, 3.05) is 0 Å². The first-order valence-electron chi connectivity index (χ1n) is 26.2. The van der Waals surface area contributed by atoms with E-state index >= 15 is 0 Å². The van der Waals surface area contributed by atoms with E-state index in [9.17, 15) is 10.2 Å². The molecule has 0 aromatic heterocycles. The van der Waals surface area contributed by atoms with Crippen molar-refractivity contribution >= 4 is 18.4 Å². The van der Waals surface area contributed by atoms with Crippen LogP contribution in [0.25, 0.3) is 0 Å². The zero-order chi connectivity index (χ0) is 53.0. The summed E-state index contributed by atoms with van der Waals surface area (Å²) in [6.07, 6.45) is 8.80. The Morgan fingerprint density at radius 3 is 0.920 bits per heavy atom. The standard InChI is InChI=1S/C66H66N2O2.C2H4O2.Co/c1-63(2,3)57-43-55(65(49-27-13-7-14-28-49,50-29-15-8-16-30-50)51-31-17-9-18-32-51)41-47(61(57)69)45-67-59-39-25-26-40-60(59)68-46-48-42-56(44-58(62(48)70)64(4,5)6)66(52-33-19-10-20-34-52,53-35-21-11-22-36-53)54-37-23-12-24-38-54;1-2(3)4;/h7-24,27-38,41-46,59-60,69-70H,25-26,39-40H2,1-6H3;1H3,(H,3,4);/q;;+2/p-1. The quantitative estimate of drug-likeness (QED) is 0.134. The van der Waals surface area contributed by atoms with Gasteiger partial charge in [0.15, 0.2) is 0 Å². The van der Waals surface area contributed by atoms with Crippen LogP contribution < -0.4 is 5.11 Å². The molecule has 75 heavy (non-hydrogen) atoms. The second kappa shape index (κ2) is 21.9. The molecule has 1 aliphatic carbocycles. The van der Waals surface area contributed by atoms with Crippen molar-refractivity contribution in [1.29, 1.82) is 0 Å². The van der Waals surface area contributed by atoms with Gasteiger partial charge in [-0.3, -0.25) is 0 Å². The van der Waals surface area contributed by atoms with E-state index in [0.717, 1.165) is 114 Å². The molecule has 2 atom stereocenters. The summed E-state index contributed by atoms with van der Waals surface area (Å²) in [6.45, 7) is 14.1. The monoisotopic (exact) mass is 1040 g/mol. The van der Waals surface area contributed by atoms with Gasteiger partial charge in [0.2, 0.25) is 0 Å². The predicted octanol–water partition coefficient (Wildman–Crippen LogP) is 13.0. The predicted molar refractivity (Wildman–Crippen MR) is 298 cm³/mol. The number of phenolic OH excluding ortho intramolecular Hbond substituents is 2. The number of carboxylic acid groups (broad SMARTS) is 1. The van der Waals surface area contributed by atoms with Gasteiger partial charge in [-0.25, -0.2) is 0 Å². The molecular formula is C68H69CoN2O4+. The van der Waals surface area contributed by atoms with Crippen LogP contribution in [-0.2, 0) is 41.6 Å². The molecule has 0 amide bonds. The third-order valence-electron chi connectivity index (χ3n) is 15.0. The van der Waals surface area contributed by atoms with Crippen molar-refractivity contribution in [3.63, 3.8) is 0 Å². The summed E-state index contributed by atoms with van der Waals surface area (Å²) in [4.78, 5) is 8.89. The van der Waals surface area contributed by atoms with E-state index in [-0.39, 0.29) is 22.9 Å². The van der Waals surface area contributed by atoms with Crippen molar-refractivity contribution < 1.29 is 42.5 Å². The summed E-state index contributed by atoms with van der Waals surface area (Å²) in [5.41, 5.74) is 10.5. The van der Waals surface area contributed by atoms with E-state index < -0.39 is 16.8 Å². The van der Waals surface area contributed by atoms with Crippen molar-refractivity contribution in [1.82, 2.24) is 0 Å². The second-order valence-corrected chi connectivity index (χ2v) is 23.3. The number of aromatic hydroxyl groups is 2. The van der Waals surface area contributed by atoms with E-state index in [4.69, 9.17) is 9.90 Å². The Hall–Kier alpha value is -7.32. The number of carbonyl (C=O) groups excluding carboxylic acids is 1. The van der Waals surface area contributed by atoms with Gasteiger partial charge in [0.25, 0.3) is 0 Å². The number of fused-ring (bicyclic) bond motifs is 1. The first-order valence-corrected chi connectivity index (χ1v) is 27.1. The first kappa shape index (κ1) is 52.5. The van der Waals surface area contributed by atoms with Gasteiger partial charge in [0.1, 0.15) is 0 Å². The van der Waals surface area contributed by atoms with E-state index in [1.165, 1.54) is 0 Å². The normalized spacial score (nSPS) is 17.1. The van der Waals surface area contributed by atoms with Gasteiger partial charge in [-0.05, 0) is 6.92 Å². The van der Waals surface area contributed by atoms with E-state index in [1.54, 1.807) is 0 Å². The van der Waals surface area contributed by atoms with Crippen LogP contribution in [0.1, 0.15) is 141 Å². The molecule has 0 spiro atoms. The van der Waals surface area contributed by atoms with Gasteiger partial charge in [-0.1, -0.05) is 0 Å². The van der Waals surface area contributed by atoms with Crippen LogP contribution in [0.3, 0.4) is 0 Å². The van der Waals surface area contributed by atoms with Crippen LogP contribution in [0.15, 0.2) is 206 Å². The molecule has 2 unspecified atom stereocenters. The average Bonchev–Trinajstić information content (AvgIpc) is 3.79. The average molecular weight is 1040 g/mol. The molecule has 6 nitrogen and oxygen atoms in total. The Bertz CT molecular complexity index is 2890. The molecule has 10 rings (SSSR count). The molecule has 383 valence electrons. The zero-order valence-corrected chi connectivity index (χ0v) is 45.2. The third kappa shape index (κ3) is 10.4. The molecule has 1 saturated carbocycles. The minimum absolute atomic E-state index is 0.202. The summed E-state index contributed by atoms with van der Waals surface area (Å²) in [5, 5.41) is 34.1. The number of carbonyl (C=O) groups is 1. The Morgan fingerprint density at radius 1 is 0.453 bits per heavy atom. The number of phenols is 2. The molecular weight excluding hydrogens is 968 g/mol. The number of carboxylic acids is 1. The number of hydrogen-bond acceptors (Lipinski definition) is 4. The van der Waals surface area contributed by atoms with Crippen molar-refractivity contribution in [2.45, 2.75) is 108 Å². The van der Waals surface area contributed by atoms with Crippen molar-refractivity contribution in [3.05, 3.63) is 273 Å².